The minimum atomic E-state index is 0.450. The maximum absolute atomic E-state index is 8.84. The molecule has 0 N–H and O–H groups in total. The van der Waals surface area contributed by atoms with Crippen LogP contribution in [0.15, 0.2) is 59.3 Å². The molecule has 1 aliphatic rings. The summed E-state index contributed by atoms with van der Waals surface area (Å²) in [5.41, 5.74) is 3.46. The van der Waals surface area contributed by atoms with Gasteiger partial charge < -0.3 is 9.32 Å². The van der Waals surface area contributed by atoms with Gasteiger partial charge in [0.15, 0.2) is 0 Å². The number of oxazole rings is 1. The first-order valence-electron chi connectivity index (χ1n) is 8.65. The molecule has 0 saturated carbocycles. The van der Waals surface area contributed by atoms with Crippen molar-refractivity contribution in [2.24, 2.45) is 0 Å². The largest absolute Gasteiger partial charge is 0.447 e. The van der Waals surface area contributed by atoms with Crippen molar-refractivity contribution in [3.05, 3.63) is 66.5 Å². The summed E-state index contributed by atoms with van der Waals surface area (Å²) >= 11 is 0. The van der Waals surface area contributed by atoms with E-state index in [1.807, 2.05) is 42.5 Å². The van der Waals surface area contributed by atoms with Gasteiger partial charge in [-0.25, -0.2) is 9.97 Å². The van der Waals surface area contributed by atoms with Crippen LogP contribution in [-0.4, -0.2) is 41.0 Å². The van der Waals surface area contributed by atoms with E-state index in [-0.39, 0.29) is 0 Å². The molecule has 0 spiro atoms. The van der Waals surface area contributed by atoms with Gasteiger partial charge in [-0.2, -0.15) is 5.26 Å². The molecule has 0 radical (unpaired) electrons. The van der Waals surface area contributed by atoms with E-state index in [4.69, 9.17) is 9.68 Å². The highest BCUT2D eigenvalue weighted by Gasteiger charge is 2.19. The van der Waals surface area contributed by atoms with Gasteiger partial charge in [-0.3, -0.25) is 4.90 Å². The van der Waals surface area contributed by atoms with Gasteiger partial charge in [0.2, 0.25) is 5.89 Å². The summed E-state index contributed by atoms with van der Waals surface area (Å²) in [6.45, 7) is 4.41. The number of rotatable bonds is 4. The van der Waals surface area contributed by atoms with Crippen LogP contribution in [0, 0.1) is 11.3 Å². The minimum Gasteiger partial charge on any atom is -0.447 e. The van der Waals surface area contributed by atoms with E-state index in [0.717, 1.165) is 49.0 Å². The molecule has 0 bridgehead atoms. The molecule has 3 aromatic rings. The Labute approximate surface area is 152 Å². The molecule has 4 rings (SSSR count). The number of nitrogens with zero attached hydrogens (tertiary/aromatic N) is 5. The standard InChI is InChI=1S/C20H19N5O/c21-12-17-6-7-18(13-22-17)25-10-8-24(9-11-25)14-20-23-19(15-26-20)16-4-2-1-3-5-16/h1-7,13,15H,8-11,14H2. The summed E-state index contributed by atoms with van der Waals surface area (Å²) < 4.78 is 5.65. The molecule has 1 aromatic carbocycles. The van der Waals surface area contributed by atoms with Crippen LogP contribution in [0.25, 0.3) is 11.3 Å². The average molecular weight is 345 g/mol. The lowest BCUT2D eigenvalue weighted by atomic mass is 10.2. The van der Waals surface area contributed by atoms with Crippen molar-refractivity contribution in [3.8, 4) is 17.3 Å². The molecule has 0 atom stereocenters. The molecule has 0 amide bonds. The molecule has 1 fully saturated rings. The maximum atomic E-state index is 8.84. The van der Waals surface area contributed by atoms with Crippen LogP contribution in [0.3, 0.4) is 0 Å². The summed E-state index contributed by atoms with van der Waals surface area (Å²) in [6.07, 6.45) is 3.50. The molecule has 130 valence electrons. The van der Waals surface area contributed by atoms with Crippen molar-refractivity contribution < 1.29 is 4.42 Å². The lowest BCUT2D eigenvalue weighted by molar-refractivity contribution is 0.226. The first-order valence-corrected chi connectivity index (χ1v) is 8.65. The second-order valence-electron chi connectivity index (χ2n) is 6.27. The lowest BCUT2D eigenvalue weighted by Gasteiger charge is -2.35. The number of hydrogen-bond acceptors (Lipinski definition) is 6. The minimum absolute atomic E-state index is 0.450. The highest BCUT2D eigenvalue weighted by Crippen LogP contribution is 2.20. The van der Waals surface area contributed by atoms with Gasteiger partial charge in [-0.1, -0.05) is 30.3 Å². The van der Waals surface area contributed by atoms with Crippen LogP contribution in [-0.2, 0) is 6.54 Å². The van der Waals surface area contributed by atoms with Crippen molar-refractivity contribution in [2.75, 3.05) is 31.1 Å². The summed E-state index contributed by atoms with van der Waals surface area (Å²) in [7, 11) is 0. The fourth-order valence-electron chi connectivity index (χ4n) is 3.12. The normalized spacial score (nSPS) is 15.0. The first kappa shape index (κ1) is 16.3. The molecule has 2 aromatic heterocycles. The van der Waals surface area contributed by atoms with Gasteiger partial charge in [0.1, 0.15) is 23.7 Å². The Kier molecular flexibility index (Phi) is 4.63. The first-order chi connectivity index (χ1) is 12.8. The number of anilines is 1. The van der Waals surface area contributed by atoms with Crippen LogP contribution in [0.1, 0.15) is 11.6 Å². The Morgan fingerprint density at radius 2 is 1.85 bits per heavy atom. The van der Waals surface area contributed by atoms with Crippen molar-refractivity contribution in [1.82, 2.24) is 14.9 Å². The fraction of sp³-hybridized carbons (Fsp3) is 0.250. The Morgan fingerprint density at radius 3 is 2.54 bits per heavy atom. The molecular weight excluding hydrogens is 326 g/mol. The van der Waals surface area contributed by atoms with Crippen molar-refractivity contribution >= 4 is 5.69 Å². The van der Waals surface area contributed by atoms with Crippen LogP contribution in [0.5, 0.6) is 0 Å². The monoisotopic (exact) mass is 345 g/mol. The summed E-state index contributed by atoms with van der Waals surface area (Å²) in [5.74, 6) is 0.748. The van der Waals surface area contributed by atoms with E-state index in [0.29, 0.717) is 12.2 Å². The summed E-state index contributed by atoms with van der Waals surface area (Å²) in [6, 6.07) is 15.8. The number of nitriles is 1. The van der Waals surface area contributed by atoms with E-state index in [2.05, 4.69) is 19.8 Å². The Morgan fingerprint density at radius 1 is 1.04 bits per heavy atom. The Hall–Kier alpha value is -3.17. The van der Waals surface area contributed by atoms with Crippen molar-refractivity contribution in [2.45, 2.75) is 6.54 Å². The van der Waals surface area contributed by atoms with Crippen molar-refractivity contribution in [1.29, 1.82) is 5.26 Å². The zero-order valence-electron chi connectivity index (χ0n) is 14.4. The van der Waals surface area contributed by atoms with Crippen LogP contribution >= 0.6 is 0 Å². The molecule has 3 heterocycles. The SMILES string of the molecule is N#Cc1ccc(N2CCN(Cc3nc(-c4ccccc4)co3)CC2)cn1. The van der Waals surface area contributed by atoms with E-state index >= 15 is 0 Å². The fourth-order valence-corrected chi connectivity index (χ4v) is 3.12. The van der Waals surface area contributed by atoms with Gasteiger partial charge in [0, 0.05) is 31.7 Å². The summed E-state index contributed by atoms with van der Waals surface area (Å²) in [4.78, 5) is 13.4. The molecule has 6 nitrogen and oxygen atoms in total. The van der Waals surface area contributed by atoms with Gasteiger partial charge in [-0.05, 0) is 12.1 Å². The third-order valence-electron chi connectivity index (χ3n) is 4.58. The Balaban J connectivity index is 1.34. The number of hydrogen-bond donors (Lipinski definition) is 0. The van der Waals surface area contributed by atoms with Gasteiger partial charge >= 0.3 is 0 Å². The molecule has 0 unspecified atom stereocenters. The van der Waals surface area contributed by atoms with Crippen LogP contribution in [0.4, 0.5) is 5.69 Å². The third-order valence-corrected chi connectivity index (χ3v) is 4.58. The highest BCUT2D eigenvalue weighted by molar-refractivity contribution is 5.57. The third kappa shape index (κ3) is 3.58. The molecule has 0 aliphatic carbocycles. The number of pyridine rings is 1. The second-order valence-corrected chi connectivity index (χ2v) is 6.27. The highest BCUT2D eigenvalue weighted by atomic mass is 16.3. The van der Waals surface area contributed by atoms with Gasteiger partial charge in [-0.15, -0.1) is 0 Å². The molecule has 26 heavy (non-hydrogen) atoms. The maximum Gasteiger partial charge on any atom is 0.208 e. The molecule has 1 aliphatic heterocycles. The quantitative estimate of drug-likeness (QED) is 0.724. The Bertz CT molecular complexity index is 890. The van der Waals surface area contributed by atoms with Gasteiger partial charge in [0.05, 0.1) is 18.4 Å². The zero-order chi connectivity index (χ0) is 17.8. The van der Waals surface area contributed by atoms with E-state index in [1.54, 1.807) is 18.5 Å². The smallest absolute Gasteiger partial charge is 0.208 e. The van der Waals surface area contributed by atoms with E-state index in [9.17, 15) is 0 Å². The molecule has 1 saturated heterocycles. The van der Waals surface area contributed by atoms with Crippen molar-refractivity contribution in [3.63, 3.8) is 0 Å². The van der Waals surface area contributed by atoms with Crippen LogP contribution in [0.2, 0.25) is 0 Å². The second kappa shape index (κ2) is 7.38. The molecule has 6 heteroatoms. The average Bonchev–Trinajstić information content (AvgIpc) is 3.18. The van der Waals surface area contributed by atoms with E-state index < -0.39 is 0 Å². The van der Waals surface area contributed by atoms with Gasteiger partial charge in [0.25, 0.3) is 0 Å². The topological polar surface area (TPSA) is 69.2 Å². The number of benzene rings is 1. The lowest BCUT2D eigenvalue weighted by Crippen LogP contribution is -2.46. The number of piperazine rings is 1. The van der Waals surface area contributed by atoms with E-state index in [1.165, 1.54) is 0 Å². The predicted octanol–water partition coefficient (Wildman–Crippen LogP) is 2.93. The summed E-state index contributed by atoms with van der Waals surface area (Å²) in [5, 5.41) is 8.84. The molecular formula is C20H19N5O. The number of aromatic nitrogens is 2. The predicted molar refractivity (Wildman–Crippen MR) is 98.4 cm³/mol. The van der Waals surface area contributed by atoms with Crippen LogP contribution < -0.4 is 4.90 Å². The zero-order valence-corrected chi connectivity index (χ0v) is 14.4.